The van der Waals surface area contributed by atoms with E-state index >= 15 is 0 Å². The number of benzene rings is 1. The Kier molecular flexibility index (Phi) is 5.29. The summed E-state index contributed by atoms with van der Waals surface area (Å²) in [7, 11) is 2.05. The van der Waals surface area contributed by atoms with Crippen LogP contribution in [0.2, 0.25) is 0 Å². The van der Waals surface area contributed by atoms with E-state index in [1.165, 1.54) is 12.3 Å². The third-order valence-electron chi connectivity index (χ3n) is 5.05. The molecule has 30 heavy (non-hydrogen) atoms. The number of hydrogen-bond donors (Lipinski definition) is 1. The number of hydrogen-bond acceptors (Lipinski definition) is 7. The van der Waals surface area contributed by atoms with Gasteiger partial charge in [0.2, 0.25) is 5.95 Å². The predicted octanol–water partition coefficient (Wildman–Crippen LogP) is 2.85. The predicted molar refractivity (Wildman–Crippen MR) is 102 cm³/mol. The fraction of sp³-hybridized carbons (Fsp3) is 0.368. The summed E-state index contributed by atoms with van der Waals surface area (Å²) in [5, 5.41) is 11.8. The molecule has 3 aromatic rings. The normalized spacial score (nSPS) is 17.8. The molecule has 1 saturated heterocycles. The molecule has 4 rings (SSSR count). The first-order valence-electron chi connectivity index (χ1n) is 9.32. The zero-order valence-electron chi connectivity index (χ0n) is 16.1. The number of likely N-dealkylation sites (N-methyl/N-ethyl adjacent to an activating group) is 1. The van der Waals surface area contributed by atoms with Crippen LogP contribution in [0.4, 0.5) is 19.1 Å². The molecule has 0 aliphatic carbocycles. The van der Waals surface area contributed by atoms with Crippen molar-refractivity contribution in [3.8, 4) is 17.0 Å². The molecule has 1 aliphatic heterocycles. The van der Waals surface area contributed by atoms with Crippen molar-refractivity contribution < 1.29 is 22.7 Å². The van der Waals surface area contributed by atoms with Gasteiger partial charge in [-0.05, 0) is 44.6 Å². The van der Waals surface area contributed by atoms with E-state index in [4.69, 9.17) is 4.74 Å². The summed E-state index contributed by atoms with van der Waals surface area (Å²) in [5.74, 6) is 0.225. The summed E-state index contributed by atoms with van der Waals surface area (Å²) in [6, 6.07) is 3.07. The Morgan fingerprint density at radius 2 is 2.13 bits per heavy atom. The van der Waals surface area contributed by atoms with Crippen LogP contribution in [0.15, 0.2) is 30.7 Å². The lowest BCUT2D eigenvalue weighted by Gasteiger charge is -2.30. The standard InChI is InChI=1S/C19H19F3N6O2/c1-27-6-2-3-13(9-27)24-18-26-25-17(15-8-23-10-28(15)18)14-5-4-12(19(20,21)22)7-16(14)30-11-29/h4-5,7-8,10-11,13H,2-3,6,9H2,1H3,(H,24,26)/t13-/m1/s1. The number of nitrogens with one attached hydrogen (secondary N) is 1. The third-order valence-corrected chi connectivity index (χ3v) is 5.05. The lowest BCUT2D eigenvalue weighted by molar-refractivity contribution is -0.138. The highest BCUT2D eigenvalue weighted by Gasteiger charge is 2.32. The molecule has 8 nitrogen and oxygen atoms in total. The summed E-state index contributed by atoms with van der Waals surface area (Å²) >= 11 is 0. The first-order valence-corrected chi connectivity index (χ1v) is 9.32. The van der Waals surface area contributed by atoms with Crippen LogP contribution in [0.5, 0.6) is 5.75 Å². The molecule has 1 N–H and O–H groups in total. The van der Waals surface area contributed by atoms with Crippen LogP contribution >= 0.6 is 0 Å². The minimum absolute atomic E-state index is 0.0789. The van der Waals surface area contributed by atoms with Crippen LogP contribution in [-0.4, -0.2) is 57.1 Å². The van der Waals surface area contributed by atoms with Crippen LogP contribution in [0.25, 0.3) is 16.8 Å². The fourth-order valence-corrected chi connectivity index (χ4v) is 3.64. The molecule has 1 fully saturated rings. The molecule has 3 heterocycles. The first-order chi connectivity index (χ1) is 14.4. The van der Waals surface area contributed by atoms with Crippen molar-refractivity contribution in [3.63, 3.8) is 0 Å². The maximum absolute atomic E-state index is 13.1. The number of alkyl halides is 3. The smallest absolute Gasteiger partial charge is 0.416 e. The number of anilines is 1. The van der Waals surface area contributed by atoms with Gasteiger partial charge >= 0.3 is 6.18 Å². The number of fused-ring (bicyclic) bond motifs is 1. The summed E-state index contributed by atoms with van der Waals surface area (Å²) in [5.41, 5.74) is 0.0499. The molecule has 2 aromatic heterocycles. The van der Waals surface area contributed by atoms with Crippen molar-refractivity contribution in [2.45, 2.75) is 25.1 Å². The number of likely N-dealkylation sites (tertiary alicyclic amines) is 1. The molecule has 158 valence electrons. The maximum atomic E-state index is 13.1. The Hall–Kier alpha value is -3.21. The summed E-state index contributed by atoms with van der Waals surface area (Å²) < 4.78 is 45.7. The van der Waals surface area contributed by atoms with Gasteiger partial charge in [-0.1, -0.05) is 0 Å². The third kappa shape index (κ3) is 3.92. The van der Waals surface area contributed by atoms with Gasteiger partial charge in [-0.2, -0.15) is 13.2 Å². The highest BCUT2D eigenvalue weighted by molar-refractivity contribution is 5.81. The number of aromatic nitrogens is 4. The van der Waals surface area contributed by atoms with E-state index in [1.807, 2.05) is 0 Å². The highest BCUT2D eigenvalue weighted by Crippen LogP contribution is 2.37. The summed E-state index contributed by atoms with van der Waals surface area (Å²) in [6.45, 7) is 1.97. The average molecular weight is 420 g/mol. The van der Waals surface area contributed by atoms with E-state index in [1.54, 1.807) is 10.7 Å². The van der Waals surface area contributed by atoms with Crippen molar-refractivity contribution in [1.82, 2.24) is 24.5 Å². The van der Waals surface area contributed by atoms with Gasteiger partial charge in [-0.15, -0.1) is 10.2 Å². The lowest BCUT2D eigenvalue weighted by atomic mass is 10.1. The van der Waals surface area contributed by atoms with Gasteiger partial charge in [-0.3, -0.25) is 9.20 Å². The summed E-state index contributed by atoms with van der Waals surface area (Å²) in [4.78, 5) is 17.2. The van der Waals surface area contributed by atoms with Crippen LogP contribution in [0, 0.1) is 0 Å². The number of piperidine rings is 1. The molecular weight excluding hydrogens is 401 g/mol. The topological polar surface area (TPSA) is 84.6 Å². The van der Waals surface area contributed by atoms with Gasteiger partial charge < -0.3 is 15.0 Å². The highest BCUT2D eigenvalue weighted by atomic mass is 19.4. The molecule has 0 unspecified atom stereocenters. The number of ether oxygens (including phenoxy) is 1. The van der Waals surface area contributed by atoms with Gasteiger partial charge in [0, 0.05) is 18.2 Å². The van der Waals surface area contributed by atoms with Crippen LogP contribution < -0.4 is 10.1 Å². The van der Waals surface area contributed by atoms with Gasteiger partial charge in [0.1, 0.15) is 17.8 Å². The minimum atomic E-state index is -4.57. The quantitative estimate of drug-likeness (QED) is 0.636. The zero-order chi connectivity index (χ0) is 21.3. The van der Waals surface area contributed by atoms with Crippen molar-refractivity contribution in [2.75, 3.05) is 25.5 Å². The second-order valence-electron chi connectivity index (χ2n) is 7.19. The lowest BCUT2D eigenvalue weighted by Crippen LogP contribution is -2.40. The molecule has 1 atom stereocenters. The maximum Gasteiger partial charge on any atom is 0.416 e. The van der Waals surface area contributed by atoms with Crippen molar-refractivity contribution >= 4 is 17.9 Å². The molecule has 1 aliphatic rings. The average Bonchev–Trinajstić information content (AvgIpc) is 3.18. The SMILES string of the molecule is CN1CCC[C@@H](Nc2nnc(-c3ccc(C(F)(F)F)cc3OC=O)c3cncn23)C1. The van der Waals surface area contributed by atoms with Gasteiger partial charge in [-0.25, -0.2) is 4.98 Å². The number of halogens is 3. The number of carbonyl (C=O) groups excluding carboxylic acids is 1. The number of imidazole rings is 1. The number of nitrogens with zero attached hydrogens (tertiary/aromatic N) is 5. The molecule has 0 saturated carbocycles. The monoisotopic (exact) mass is 420 g/mol. The number of carbonyl (C=O) groups is 1. The second-order valence-corrected chi connectivity index (χ2v) is 7.19. The Morgan fingerprint density at radius 1 is 1.30 bits per heavy atom. The van der Waals surface area contributed by atoms with E-state index < -0.39 is 11.7 Å². The largest absolute Gasteiger partial charge is 0.428 e. The van der Waals surface area contributed by atoms with E-state index in [2.05, 4.69) is 32.4 Å². The van der Waals surface area contributed by atoms with Crippen molar-refractivity contribution in [2.24, 2.45) is 0 Å². The zero-order valence-corrected chi connectivity index (χ0v) is 16.1. The van der Waals surface area contributed by atoms with E-state index in [-0.39, 0.29) is 29.5 Å². The Balaban J connectivity index is 1.74. The van der Waals surface area contributed by atoms with E-state index in [0.717, 1.165) is 38.1 Å². The molecule has 1 aromatic carbocycles. The molecule has 11 heteroatoms. The fourth-order valence-electron chi connectivity index (χ4n) is 3.64. The Bertz CT molecular complexity index is 1070. The van der Waals surface area contributed by atoms with Crippen LogP contribution in [-0.2, 0) is 11.0 Å². The molecule has 0 bridgehead atoms. The first kappa shape index (κ1) is 20.1. The van der Waals surface area contributed by atoms with Gasteiger partial charge in [0.25, 0.3) is 6.47 Å². The van der Waals surface area contributed by atoms with Gasteiger partial charge in [0.05, 0.1) is 17.3 Å². The van der Waals surface area contributed by atoms with Crippen molar-refractivity contribution in [1.29, 1.82) is 0 Å². The second kappa shape index (κ2) is 7.90. The molecule has 0 spiro atoms. The molecule has 0 radical (unpaired) electrons. The van der Waals surface area contributed by atoms with Crippen LogP contribution in [0.3, 0.4) is 0 Å². The Labute approximate surface area is 169 Å². The van der Waals surface area contributed by atoms with E-state index in [0.29, 0.717) is 11.5 Å². The van der Waals surface area contributed by atoms with Crippen molar-refractivity contribution in [3.05, 3.63) is 36.3 Å². The number of rotatable bonds is 5. The molecule has 0 amide bonds. The van der Waals surface area contributed by atoms with Crippen LogP contribution in [0.1, 0.15) is 18.4 Å². The summed E-state index contributed by atoms with van der Waals surface area (Å²) in [6.07, 6.45) is 0.556. The Morgan fingerprint density at radius 3 is 2.87 bits per heavy atom. The van der Waals surface area contributed by atoms with Gasteiger partial charge in [0.15, 0.2) is 0 Å². The van der Waals surface area contributed by atoms with E-state index in [9.17, 15) is 18.0 Å². The molecular formula is C19H19F3N6O2. The minimum Gasteiger partial charge on any atom is -0.428 e.